The van der Waals surface area contributed by atoms with E-state index in [2.05, 4.69) is 135 Å². The summed E-state index contributed by atoms with van der Waals surface area (Å²) in [6.07, 6.45) is 4.63. The van der Waals surface area contributed by atoms with E-state index in [1.807, 2.05) is 0 Å². The van der Waals surface area contributed by atoms with Gasteiger partial charge in [-0.05, 0) is 76.6 Å². The number of benzene rings is 2. The van der Waals surface area contributed by atoms with Crippen LogP contribution in [0.1, 0.15) is 82.6 Å². The van der Waals surface area contributed by atoms with Crippen LogP contribution in [0.2, 0.25) is 36.3 Å². The molecule has 0 radical (unpaired) electrons. The molecule has 4 rings (SSSR count). The van der Waals surface area contributed by atoms with Gasteiger partial charge in [0.1, 0.15) is 0 Å². The van der Waals surface area contributed by atoms with Gasteiger partial charge in [-0.3, -0.25) is 0 Å². The summed E-state index contributed by atoms with van der Waals surface area (Å²) >= 11 is 0. The zero-order valence-electron chi connectivity index (χ0n) is 24.3. The lowest BCUT2D eigenvalue weighted by molar-refractivity contribution is 0.278. The van der Waals surface area contributed by atoms with Crippen molar-refractivity contribution < 1.29 is 8.85 Å². The van der Waals surface area contributed by atoms with E-state index in [-0.39, 0.29) is 21.9 Å². The Labute approximate surface area is 222 Å². The third-order valence-corrected chi connectivity index (χ3v) is 18.0. The summed E-state index contributed by atoms with van der Waals surface area (Å²) in [7, 11) is -3.99. The molecule has 0 heterocycles. The van der Waals surface area contributed by atoms with Gasteiger partial charge in [-0.2, -0.15) is 0 Å². The Kier molecular flexibility index (Phi) is 6.79. The lowest BCUT2D eigenvalue weighted by Crippen LogP contribution is -2.42. The summed E-state index contributed by atoms with van der Waals surface area (Å²) in [4.78, 5) is 0. The maximum atomic E-state index is 7.07. The lowest BCUT2D eigenvalue weighted by Gasteiger charge is -2.41. The monoisotopic (exact) mass is 518 g/mol. The second-order valence-corrected chi connectivity index (χ2v) is 23.3. The summed E-state index contributed by atoms with van der Waals surface area (Å²) in [5, 5.41) is 0.291. The maximum Gasteiger partial charge on any atom is 0.250 e. The van der Waals surface area contributed by atoms with E-state index in [0.29, 0.717) is 5.92 Å². The van der Waals surface area contributed by atoms with E-state index in [0.717, 1.165) is 11.5 Å². The van der Waals surface area contributed by atoms with Crippen LogP contribution in [-0.2, 0) is 8.85 Å². The van der Waals surface area contributed by atoms with Gasteiger partial charge in [-0.1, -0.05) is 97.0 Å². The highest BCUT2D eigenvalue weighted by Crippen LogP contribution is 2.54. The van der Waals surface area contributed by atoms with Crippen LogP contribution in [0.25, 0.3) is 12.2 Å². The van der Waals surface area contributed by atoms with Crippen molar-refractivity contribution >= 4 is 28.8 Å². The standard InChI is InChI=1S/C32H46O2Si2/c1-22(29-25-18-14-12-16-23(25)20-27(29)33-35(8,9)31(2,3)4)30-26-19-15-13-17-24(26)21-28(30)34-36(10,11)32(5,6)7/h12-22,29-30H,1-11H3. The molecular formula is C32H46O2Si2. The Morgan fingerprint density at radius 1 is 0.611 bits per heavy atom. The molecule has 0 fully saturated rings. The van der Waals surface area contributed by atoms with Crippen molar-refractivity contribution in [2.45, 2.75) is 96.6 Å². The fourth-order valence-corrected chi connectivity index (χ4v) is 7.16. The fourth-order valence-electron chi connectivity index (χ4n) is 5.00. The first-order chi connectivity index (χ1) is 16.5. The quantitative estimate of drug-likeness (QED) is 0.354. The molecule has 0 N–H and O–H groups in total. The van der Waals surface area contributed by atoms with Crippen molar-refractivity contribution in [1.29, 1.82) is 0 Å². The van der Waals surface area contributed by atoms with Crippen LogP contribution in [0.15, 0.2) is 60.0 Å². The lowest BCUT2D eigenvalue weighted by atomic mass is 9.77. The van der Waals surface area contributed by atoms with Gasteiger partial charge in [0.15, 0.2) is 0 Å². The molecule has 0 spiro atoms. The van der Waals surface area contributed by atoms with Gasteiger partial charge in [0.25, 0.3) is 0 Å². The van der Waals surface area contributed by atoms with Gasteiger partial charge in [0, 0.05) is 11.8 Å². The number of rotatable bonds is 6. The molecule has 4 heteroatoms. The van der Waals surface area contributed by atoms with E-state index >= 15 is 0 Å². The summed E-state index contributed by atoms with van der Waals surface area (Å²) in [6, 6.07) is 17.7. The molecule has 2 nitrogen and oxygen atoms in total. The van der Waals surface area contributed by atoms with E-state index in [1.54, 1.807) is 0 Å². The van der Waals surface area contributed by atoms with Crippen LogP contribution in [0, 0.1) is 5.92 Å². The second-order valence-electron chi connectivity index (χ2n) is 13.9. The Hall–Kier alpha value is -2.05. The number of allylic oxidation sites excluding steroid dienone is 2. The van der Waals surface area contributed by atoms with Gasteiger partial charge in [-0.15, -0.1) is 0 Å². The summed E-state index contributed by atoms with van der Waals surface area (Å²) in [6.45, 7) is 25.8. The van der Waals surface area contributed by atoms with E-state index in [1.165, 1.54) is 22.3 Å². The maximum absolute atomic E-state index is 7.07. The molecule has 2 atom stereocenters. The minimum absolute atomic E-state index is 0.146. The minimum atomic E-state index is -2.00. The predicted octanol–water partition coefficient (Wildman–Crippen LogP) is 9.94. The first-order valence-corrected chi connectivity index (χ1v) is 19.3. The van der Waals surface area contributed by atoms with Crippen molar-refractivity contribution in [3.63, 3.8) is 0 Å². The van der Waals surface area contributed by atoms with Crippen molar-refractivity contribution in [3.05, 3.63) is 82.3 Å². The largest absolute Gasteiger partial charge is 0.546 e. The fraction of sp³-hybridized carbons (Fsp3) is 0.500. The predicted molar refractivity (Wildman–Crippen MR) is 160 cm³/mol. The average molecular weight is 519 g/mol. The Balaban J connectivity index is 1.77. The summed E-state index contributed by atoms with van der Waals surface area (Å²) < 4.78 is 14.1. The van der Waals surface area contributed by atoms with Gasteiger partial charge < -0.3 is 8.85 Å². The van der Waals surface area contributed by atoms with Crippen molar-refractivity contribution in [3.8, 4) is 0 Å². The molecule has 0 saturated carbocycles. The second kappa shape index (κ2) is 9.06. The van der Waals surface area contributed by atoms with Crippen molar-refractivity contribution in [2.24, 2.45) is 5.92 Å². The van der Waals surface area contributed by atoms with E-state index in [9.17, 15) is 0 Å². The van der Waals surface area contributed by atoms with Gasteiger partial charge in [0.2, 0.25) is 16.6 Å². The van der Waals surface area contributed by atoms with Gasteiger partial charge in [0.05, 0.1) is 11.5 Å². The highest BCUT2D eigenvalue weighted by Gasteiger charge is 2.47. The van der Waals surface area contributed by atoms with Crippen LogP contribution in [0.3, 0.4) is 0 Å². The van der Waals surface area contributed by atoms with E-state index < -0.39 is 16.6 Å². The van der Waals surface area contributed by atoms with Gasteiger partial charge in [-0.25, -0.2) is 0 Å². The zero-order valence-corrected chi connectivity index (χ0v) is 26.3. The normalized spacial score (nSPS) is 20.9. The first kappa shape index (κ1) is 27.0. The zero-order chi connectivity index (χ0) is 26.7. The van der Waals surface area contributed by atoms with Crippen LogP contribution in [0.5, 0.6) is 0 Å². The number of hydrogen-bond donors (Lipinski definition) is 0. The number of hydrogen-bond acceptors (Lipinski definition) is 2. The van der Waals surface area contributed by atoms with Crippen LogP contribution >= 0.6 is 0 Å². The molecule has 0 saturated heterocycles. The highest BCUT2D eigenvalue weighted by molar-refractivity contribution is 6.74. The van der Waals surface area contributed by atoms with Crippen LogP contribution in [0.4, 0.5) is 0 Å². The molecule has 36 heavy (non-hydrogen) atoms. The third kappa shape index (κ3) is 4.79. The summed E-state index contributed by atoms with van der Waals surface area (Å²) in [5.41, 5.74) is 5.36. The first-order valence-electron chi connectivity index (χ1n) is 13.5. The minimum Gasteiger partial charge on any atom is -0.546 e. The van der Waals surface area contributed by atoms with E-state index in [4.69, 9.17) is 8.85 Å². The average Bonchev–Trinajstić information content (AvgIpc) is 3.28. The Bertz CT molecular complexity index is 1100. The molecule has 0 bridgehead atoms. The van der Waals surface area contributed by atoms with Crippen molar-refractivity contribution in [2.75, 3.05) is 0 Å². The molecule has 2 unspecified atom stereocenters. The molecule has 2 aliphatic carbocycles. The molecule has 194 valence electrons. The molecular weight excluding hydrogens is 473 g/mol. The Morgan fingerprint density at radius 3 is 1.28 bits per heavy atom. The van der Waals surface area contributed by atoms with Crippen LogP contribution < -0.4 is 0 Å². The molecule has 0 aliphatic heterocycles. The molecule has 2 aromatic carbocycles. The topological polar surface area (TPSA) is 18.5 Å². The van der Waals surface area contributed by atoms with Gasteiger partial charge >= 0.3 is 0 Å². The number of fused-ring (bicyclic) bond motifs is 2. The smallest absolute Gasteiger partial charge is 0.250 e. The van der Waals surface area contributed by atoms with Crippen molar-refractivity contribution in [1.82, 2.24) is 0 Å². The van der Waals surface area contributed by atoms with Crippen LogP contribution in [-0.4, -0.2) is 16.6 Å². The molecule has 2 aliphatic rings. The molecule has 0 aromatic heterocycles. The SMILES string of the molecule is CC(C1C(O[Si](C)(C)C(C)(C)C)=Cc2ccccc21)C1C(O[Si](C)(C)C(C)(C)C)=Cc2ccccc21. The third-order valence-electron chi connectivity index (χ3n) is 9.28. The summed E-state index contributed by atoms with van der Waals surface area (Å²) in [5.74, 6) is 3.00. The molecule has 0 amide bonds. The molecule has 2 aromatic rings. The highest BCUT2D eigenvalue weighted by atomic mass is 28.4. The Morgan fingerprint density at radius 2 is 0.944 bits per heavy atom.